The third kappa shape index (κ3) is 3.84. The molecule has 144 valence electrons. The fourth-order valence-corrected chi connectivity index (χ4v) is 3.70. The number of ether oxygens (including phenoxy) is 2. The van der Waals surface area contributed by atoms with E-state index in [1.54, 1.807) is 55.5 Å². The van der Waals surface area contributed by atoms with Crippen molar-refractivity contribution in [3.63, 3.8) is 0 Å². The van der Waals surface area contributed by atoms with Crippen molar-refractivity contribution in [3.05, 3.63) is 98.2 Å². The fraction of sp³-hybridized carbons (Fsp3) is 0.0435. The Bertz CT molecular complexity index is 1180. The van der Waals surface area contributed by atoms with Crippen LogP contribution in [0.4, 0.5) is 0 Å². The van der Waals surface area contributed by atoms with E-state index in [-0.39, 0.29) is 11.5 Å². The first-order chi connectivity index (χ1) is 13.9. The minimum Gasteiger partial charge on any atom is -0.452 e. The van der Waals surface area contributed by atoms with E-state index < -0.39 is 5.97 Å². The van der Waals surface area contributed by atoms with Gasteiger partial charge in [-0.2, -0.15) is 0 Å². The highest BCUT2D eigenvalue weighted by molar-refractivity contribution is 9.10. The molecule has 0 spiro atoms. The minimum atomic E-state index is -0.506. The van der Waals surface area contributed by atoms with Gasteiger partial charge in [0.15, 0.2) is 5.76 Å². The van der Waals surface area contributed by atoms with Gasteiger partial charge in [0.1, 0.15) is 11.5 Å². The van der Waals surface area contributed by atoms with E-state index in [9.17, 15) is 9.59 Å². The SMILES string of the molecule is Cc1cc(OC(=O)c2ccccc2Br)cc2c1C(=O)/C(=C/c1ccccc1Cl)O2. The van der Waals surface area contributed by atoms with Crippen LogP contribution < -0.4 is 9.47 Å². The molecule has 0 atom stereocenters. The second kappa shape index (κ2) is 7.85. The third-order valence-electron chi connectivity index (χ3n) is 4.44. The van der Waals surface area contributed by atoms with E-state index >= 15 is 0 Å². The third-order valence-corrected chi connectivity index (χ3v) is 5.48. The molecular formula is C23H14BrClO4. The summed E-state index contributed by atoms with van der Waals surface area (Å²) in [5.74, 6) is 0.0802. The van der Waals surface area contributed by atoms with Crippen LogP contribution in [-0.2, 0) is 0 Å². The lowest BCUT2D eigenvalue weighted by Gasteiger charge is -2.08. The maximum absolute atomic E-state index is 12.8. The van der Waals surface area contributed by atoms with Gasteiger partial charge in [-0.25, -0.2) is 4.79 Å². The number of hydrogen-bond donors (Lipinski definition) is 0. The van der Waals surface area contributed by atoms with E-state index in [4.69, 9.17) is 21.1 Å². The van der Waals surface area contributed by atoms with Crippen molar-refractivity contribution in [2.24, 2.45) is 0 Å². The van der Waals surface area contributed by atoms with Crippen LogP contribution in [0.3, 0.4) is 0 Å². The zero-order chi connectivity index (χ0) is 20.5. The number of allylic oxidation sites excluding steroid dienone is 1. The molecule has 29 heavy (non-hydrogen) atoms. The first kappa shape index (κ1) is 19.4. The molecule has 0 aromatic heterocycles. The molecule has 0 bridgehead atoms. The van der Waals surface area contributed by atoms with Gasteiger partial charge in [-0.1, -0.05) is 41.9 Å². The van der Waals surface area contributed by atoms with Crippen LogP contribution in [0.1, 0.15) is 31.8 Å². The highest BCUT2D eigenvalue weighted by atomic mass is 79.9. The summed E-state index contributed by atoms with van der Waals surface area (Å²) in [4.78, 5) is 25.3. The topological polar surface area (TPSA) is 52.6 Å². The molecule has 4 nitrogen and oxygen atoms in total. The quantitative estimate of drug-likeness (QED) is 0.259. The van der Waals surface area contributed by atoms with Crippen LogP contribution in [0.15, 0.2) is 70.9 Å². The van der Waals surface area contributed by atoms with Gasteiger partial charge < -0.3 is 9.47 Å². The van der Waals surface area contributed by atoms with E-state index in [1.165, 1.54) is 0 Å². The lowest BCUT2D eigenvalue weighted by molar-refractivity contribution is 0.0733. The van der Waals surface area contributed by atoms with Gasteiger partial charge in [-0.05, 0) is 64.3 Å². The average Bonchev–Trinajstić information content (AvgIpc) is 2.99. The van der Waals surface area contributed by atoms with Gasteiger partial charge in [0.25, 0.3) is 0 Å². The number of fused-ring (bicyclic) bond motifs is 1. The molecule has 1 aliphatic heterocycles. The fourth-order valence-electron chi connectivity index (χ4n) is 3.06. The lowest BCUT2D eigenvalue weighted by atomic mass is 10.0. The summed E-state index contributed by atoms with van der Waals surface area (Å²) in [5, 5.41) is 0.520. The molecule has 4 rings (SSSR count). The van der Waals surface area contributed by atoms with Gasteiger partial charge in [0.2, 0.25) is 5.78 Å². The number of ketones is 1. The summed E-state index contributed by atoms with van der Waals surface area (Å²) in [6.07, 6.45) is 1.61. The molecule has 3 aromatic carbocycles. The largest absolute Gasteiger partial charge is 0.452 e. The Balaban J connectivity index is 1.64. The molecular weight excluding hydrogens is 456 g/mol. The predicted octanol–water partition coefficient (Wildman–Crippen LogP) is 6.25. The van der Waals surface area contributed by atoms with Crippen LogP contribution in [-0.4, -0.2) is 11.8 Å². The van der Waals surface area contributed by atoms with Gasteiger partial charge in [-0.3, -0.25) is 4.79 Å². The van der Waals surface area contributed by atoms with Crippen molar-refractivity contribution < 1.29 is 19.1 Å². The van der Waals surface area contributed by atoms with E-state index in [0.29, 0.717) is 43.2 Å². The number of esters is 1. The van der Waals surface area contributed by atoms with Gasteiger partial charge in [-0.15, -0.1) is 0 Å². The van der Waals surface area contributed by atoms with Gasteiger partial charge >= 0.3 is 5.97 Å². The van der Waals surface area contributed by atoms with Crippen LogP contribution in [0.2, 0.25) is 5.02 Å². The Morgan fingerprint density at radius 1 is 1.10 bits per heavy atom. The van der Waals surface area contributed by atoms with E-state index in [2.05, 4.69) is 15.9 Å². The number of Topliss-reactive ketones (excluding diaryl/α,β-unsaturated/α-hetero) is 1. The Hall–Kier alpha value is -2.89. The van der Waals surface area contributed by atoms with Crippen molar-refractivity contribution in [1.82, 2.24) is 0 Å². The minimum absolute atomic E-state index is 0.172. The molecule has 0 N–H and O–H groups in total. The molecule has 0 fully saturated rings. The van der Waals surface area contributed by atoms with Crippen molar-refractivity contribution in [2.45, 2.75) is 6.92 Å². The van der Waals surface area contributed by atoms with Crippen LogP contribution in [0.5, 0.6) is 11.5 Å². The summed E-state index contributed by atoms with van der Waals surface area (Å²) < 4.78 is 11.9. The van der Waals surface area contributed by atoms with Gasteiger partial charge in [0.05, 0.1) is 11.1 Å². The Morgan fingerprint density at radius 2 is 1.83 bits per heavy atom. The molecule has 0 saturated heterocycles. The first-order valence-electron chi connectivity index (χ1n) is 8.74. The molecule has 0 unspecified atom stereocenters. The number of carbonyl (C=O) groups is 2. The summed E-state index contributed by atoms with van der Waals surface area (Å²) in [6.45, 7) is 1.77. The molecule has 1 heterocycles. The number of carbonyl (C=O) groups excluding carboxylic acids is 2. The lowest BCUT2D eigenvalue weighted by Crippen LogP contribution is -2.09. The second-order valence-corrected chi connectivity index (χ2v) is 7.71. The van der Waals surface area contributed by atoms with Crippen molar-refractivity contribution in [2.75, 3.05) is 0 Å². The Morgan fingerprint density at radius 3 is 2.59 bits per heavy atom. The van der Waals surface area contributed by atoms with E-state index in [1.807, 2.05) is 18.2 Å². The summed E-state index contributed by atoms with van der Waals surface area (Å²) in [6, 6.07) is 17.4. The zero-order valence-electron chi connectivity index (χ0n) is 15.2. The van der Waals surface area contributed by atoms with Gasteiger partial charge in [0, 0.05) is 15.6 Å². The number of hydrogen-bond acceptors (Lipinski definition) is 4. The van der Waals surface area contributed by atoms with Crippen molar-refractivity contribution in [3.8, 4) is 11.5 Å². The highest BCUT2D eigenvalue weighted by Crippen LogP contribution is 2.38. The van der Waals surface area contributed by atoms with Crippen molar-refractivity contribution in [1.29, 1.82) is 0 Å². The summed E-state index contributed by atoms with van der Waals surface area (Å²) in [5.41, 5.74) is 2.19. The highest BCUT2D eigenvalue weighted by Gasteiger charge is 2.30. The van der Waals surface area contributed by atoms with Crippen molar-refractivity contribution >= 4 is 45.4 Å². The number of aryl methyl sites for hydroxylation is 1. The molecule has 0 amide bonds. The average molecular weight is 470 g/mol. The number of halogens is 2. The van der Waals surface area contributed by atoms with E-state index in [0.717, 1.165) is 0 Å². The van der Waals surface area contributed by atoms with Crippen LogP contribution in [0.25, 0.3) is 6.08 Å². The molecule has 3 aromatic rings. The number of rotatable bonds is 3. The molecule has 0 radical (unpaired) electrons. The van der Waals surface area contributed by atoms with Crippen LogP contribution in [0, 0.1) is 6.92 Å². The maximum Gasteiger partial charge on any atom is 0.344 e. The maximum atomic E-state index is 12.8. The summed E-state index contributed by atoms with van der Waals surface area (Å²) in [7, 11) is 0. The normalized spacial score (nSPS) is 13.9. The summed E-state index contributed by atoms with van der Waals surface area (Å²) >= 11 is 9.51. The monoisotopic (exact) mass is 468 g/mol. The predicted molar refractivity (Wildman–Crippen MR) is 115 cm³/mol. The Kier molecular flexibility index (Phi) is 5.26. The molecule has 6 heteroatoms. The first-order valence-corrected chi connectivity index (χ1v) is 9.91. The zero-order valence-corrected chi connectivity index (χ0v) is 17.6. The smallest absolute Gasteiger partial charge is 0.344 e. The standard InChI is InChI=1S/C23H14BrClO4/c1-13-10-15(28-23(27)16-7-3-4-8-17(16)24)12-19-21(13)22(26)20(29-19)11-14-6-2-5-9-18(14)25/h2-12H,1H3/b20-11-. The van der Waals surface area contributed by atoms with Crippen LogP contribution >= 0.6 is 27.5 Å². The molecule has 0 aliphatic carbocycles. The molecule has 0 saturated carbocycles. The Labute approximate surface area is 180 Å². The second-order valence-electron chi connectivity index (χ2n) is 6.44. The number of benzene rings is 3. The molecule has 1 aliphatic rings.